The largest absolute Gasteiger partial charge is 0.490 e. The summed E-state index contributed by atoms with van der Waals surface area (Å²) in [6.07, 6.45) is 1.41. The van der Waals surface area contributed by atoms with Gasteiger partial charge in [-0.15, -0.1) is 6.58 Å². The number of rotatable bonds is 5. The highest BCUT2D eigenvalue weighted by atomic mass is 16.5. The number of carbonyl (C=O) groups is 1. The topological polar surface area (TPSA) is 51.7 Å². The van der Waals surface area contributed by atoms with E-state index in [1.807, 2.05) is 43.3 Å². The number of hydrogen-bond donors (Lipinski definition) is 0. The van der Waals surface area contributed by atoms with Crippen molar-refractivity contribution in [3.05, 3.63) is 66.4 Å². The molecule has 5 heteroatoms. The smallest absolute Gasteiger partial charge is 0.259 e. The van der Waals surface area contributed by atoms with Crippen LogP contribution in [0.15, 0.2) is 55.1 Å². The van der Waals surface area contributed by atoms with Crippen molar-refractivity contribution in [2.45, 2.75) is 13.0 Å². The Bertz CT molecular complexity index is 731. The number of carbonyl (C=O) groups excluding carboxylic acids is 1. The van der Waals surface area contributed by atoms with E-state index in [1.54, 1.807) is 17.0 Å². The van der Waals surface area contributed by atoms with Crippen LogP contribution >= 0.6 is 0 Å². The van der Waals surface area contributed by atoms with Crippen molar-refractivity contribution in [1.82, 2.24) is 9.88 Å². The monoisotopic (exact) mass is 324 g/mol. The zero-order valence-electron chi connectivity index (χ0n) is 13.6. The first-order valence-electron chi connectivity index (χ1n) is 7.89. The summed E-state index contributed by atoms with van der Waals surface area (Å²) >= 11 is 0. The molecule has 1 aromatic carbocycles. The van der Waals surface area contributed by atoms with Gasteiger partial charge in [-0.3, -0.25) is 4.79 Å². The van der Waals surface area contributed by atoms with Crippen molar-refractivity contribution in [3.63, 3.8) is 0 Å². The van der Waals surface area contributed by atoms with Gasteiger partial charge in [0.2, 0.25) is 5.88 Å². The molecule has 0 saturated carbocycles. The average molecular weight is 324 g/mol. The molecule has 2 aromatic rings. The molecule has 0 bridgehead atoms. The molecule has 0 spiro atoms. The van der Waals surface area contributed by atoms with E-state index < -0.39 is 0 Å². The first-order valence-corrected chi connectivity index (χ1v) is 7.89. The van der Waals surface area contributed by atoms with Crippen molar-refractivity contribution in [1.29, 1.82) is 0 Å². The third kappa shape index (κ3) is 3.56. The summed E-state index contributed by atoms with van der Waals surface area (Å²) in [5.74, 6) is 1.04. The molecule has 3 rings (SSSR count). The minimum absolute atomic E-state index is 0.0976. The van der Waals surface area contributed by atoms with Crippen molar-refractivity contribution >= 4 is 5.91 Å². The summed E-state index contributed by atoms with van der Waals surface area (Å²) in [4.78, 5) is 18.8. The van der Waals surface area contributed by atoms with E-state index >= 15 is 0 Å². The maximum Gasteiger partial charge on any atom is 0.259 e. The van der Waals surface area contributed by atoms with E-state index in [9.17, 15) is 4.79 Å². The molecular weight excluding hydrogens is 304 g/mol. The van der Waals surface area contributed by atoms with Crippen LogP contribution in [0, 0.1) is 6.92 Å². The fourth-order valence-electron chi connectivity index (χ4n) is 2.59. The molecule has 24 heavy (non-hydrogen) atoms. The summed E-state index contributed by atoms with van der Waals surface area (Å²) in [7, 11) is 0. The van der Waals surface area contributed by atoms with Crippen molar-refractivity contribution in [3.8, 4) is 11.6 Å². The maximum absolute atomic E-state index is 12.7. The van der Waals surface area contributed by atoms with Gasteiger partial charge in [-0.1, -0.05) is 24.3 Å². The predicted molar refractivity (Wildman–Crippen MR) is 91.4 cm³/mol. The van der Waals surface area contributed by atoms with Gasteiger partial charge < -0.3 is 14.4 Å². The molecule has 1 unspecified atom stereocenters. The Morgan fingerprint density at radius 2 is 2.12 bits per heavy atom. The zero-order valence-corrected chi connectivity index (χ0v) is 13.6. The van der Waals surface area contributed by atoms with Gasteiger partial charge >= 0.3 is 0 Å². The minimum atomic E-state index is -0.301. The highest BCUT2D eigenvalue weighted by molar-refractivity contribution is 5.96. The van der Waals surface area contributed by atoms with Gasteiger partial charge in [-0.25, -0.2) is 4.98 Å². The summed E-state index contributed by atoms with van der Waals surface area (Å²) in [6, 6.07) is 13.1. The summed E-state index contributed by atoms with van der Waals surface area (Å²) < 4.78 is 11.8. The third-order valence-corrected chi connectivity index (χ3v) is 3.75. The van der Waals surface area contributed by atoms with Gasteiger partial charge in [-0.2, -0.15) is 0 Å². The lowest BCUT2D eigenvalue weighted by atomic mass is 10.2. The van der Waals surface area contributed by atoms with E-state index in [0.29, 0.717) is 31.1 Å². The third-order valence-electron chi connectivity index (χ3n) is 3.75. The molecule has 1 aliphatic rings. The molecule has 1 aromatic heterocycles. The second-order valence-electron chi connectivity index (χ2n) is 5.67. The van der Waals surface area contributed by atoms with Crippen molar-refractivity contribution < 1.29 is 14.3 Å². The molecule has 0 radical (unpaired) electrons. The van der Waals surface area contributed by atoms with Gasteiger partial charge in [-0.05, 0) is 31.2 Å². The second-order valence-corrected chi connectivity index (χ2v) is 5.67. The molecule has 1 aliphatic heterocycles. The fourth-order valence-corrected chi connectivity index (χ4v) is 2.59. The molecule has 124 valence electrons. The summed E-state index contributed by atoms with van der Waals surface area (Å²) in [5.41, 5.74) is 1.28. The first-order chi connectivity index (χ1) is 11.7. The van der Waals surface area contributed by atoms with Gasteiger partial charge in [0.05, 0.1) is 6.54 Å². The number of benzene rings is 1. The van der Waals surface area contributed by atoms with E-state index in [0.717, 1.165) is 11.4 Å². The van der Waals surface area contributed by atoms with E-state index in [2.05, 4.69) is 11.6 Å². The zero-order chi connectivity index (χ0) is 16.9. The Morgan fingerprint density at radius 3 is 2.88 bits per heavy atom. The van der Waals surface area contributed by atoms with Crippen LogP contribution in [0.2, 0.25) is 0 Å². The molecule has 1 atom stereocenters. The normalized spacial score (nSPS) is 16.8. The van der Waals surface area contributed by atoms with E-state index in [4.69, 9.17) is 9.47 Å². The number of aromatic nitrogens is 1. The van der Waals surface area contributed by atoms with Crippen LogP contribution < -0.4 is 9.47 Å². The second kappa shape index (κ2) is 7.17. The van der Waals surface area contributed by atoms with Gasteiger partial charge in [0.25, 0.3) is 5.91 Å². The van der Waals surface area contributed by atoms with Crippen LogP contribution in [-0.2, 0) is 0 Å². The Balaban J connectivity index is 1.82. The number of pyridine rings is 1. The van der Waals surface area contributed by atoms with Gasteiger partial charge in [0.15, 0.2) is 6.10 Å². The minimum Gasteiger partial charge on any atom is -0.490 e. The quantitative estimate of drug-likeness (QED) is 0.794. The number of aryl methyl sites for hydroxylation is 1. The Labute approximate surface area is 141 Å². The van der Waals surface area contributed by atoms with Crippen LogP contribution in [0.25, 0.3) is 0 Å². The first kappa shape index (κ1) is 16.1. The summed E-state index contributed by atoms with van der Waals surface area (Å²) in [6.45, 7) is 6.81. The highest BCUT2D eigenvalue weighted by Crippen LogP contribution is 2.24. The number of amides is 1. The fraction of sp³-hybridized carbons (Fsp3) is 0.263. The lowest BCUT2D eigenvalue weighted by Gasteiger charge is -2.23. The summed E-state index contributed by atoms with van der Waals surface area (Å²) in [5, 5.41) is 0. The van der Waals surface area contributed by atoms with E-state index in [1.165, 1.54) is 0 Å². The van der Waals surface area contributed by atoms with Crippen LogP contribution in [0.3, 0.4) is 0 Å². The number of nitrogens with zero attached hydrogens (tertiary/aromatic N) is 2. The van der Waals surface area contributed by atoms with Crippen LogP contribution in [0.4, 0.5) is 0 Å². The SMILES string of the molecule is C=CCN1CC(COc2ccccc2)Oc2nc(C)ccc2C1=O. The van der Waals surface area contributed by atoms with E-state index in [-0.39, 0.29) is 12.0 Å². The molecule has 0 saturated heterocycles. The molecule has 0 aliphatic carbocycles. The van der Waals surface area contributed by atoms with Crippen LogP contribution in [-0.4, -0.2) is 41.6 Å². The lowest BCUT2D eigenvalue weighted by Crippen LogP contribution is -2.39. The maximum atomic E-state index is 12.7. The van der Waals surface area contributed by atoms with Gasteiger partial charge in [0, 0.05) is 12.2 Å². The molecule has 0 N–H and O–H groups in total. The van der Waals surface area contributed by atoms with Crippen molar-refractivity contribution in [2.75, 3.05) is 19.7 Å². The number of hydrogen-bond acceptors (Lipinski definition) is 4. The standard InChI is InChI=1S/C19H20N2O3/c1-3-11-21-12-16(13-23-15-7-5-4-6-8-15)24-18-17(19(21)22)10-9-14(2)20-18/h3-10,16H,1,11-13H2,2H3. The Kier molecular flexibility index (Phi) is 4.79. The van der Waals surface area contributed by atoms with Crippen LogP contribution in [0.5, 0.6) is 11.6 Å². The Morgan fingerprint density at radius 1 is 1.33 bits per heavy atom. The predicted octanol–water partition coefficient (Wildman–Crippen LogP) is 2.86. The highest BCUT2D eigenvalue weighted by Gasteiger charge is 2.29. The molecule has 0 fully saturated rings. The molecular formula is C19H20N2O3. The number of ether oxygens (including phenoxy) is 2. The molecule has 2 heterocycles. The molecule has 1 amide bonds. The van der Waals surface area contributed by atoms with Crippen LogP contribution in [0.1, 0.15) is 16.1 Å². The molecule has 5 nitrogen and oxygen atoms in total. The van der Waals surface area contributed by atoms with Gasteiger partial charge in [0.1, 0.15) is 17.9 Å². The number of para-hydroxylation sites is 1. The number of fused-ring (bicyclic) bond motifs is 1. The Hall–Kier alpha value is -2.82. The lowest BCUT2D eigenvalue weighted by molar-refractivity contribution is 0.0671. The van der Waals surface area contributed by atoms with Crippen molar-refractivity contribution in [2.24, 2.45) is 0 Å². The average Bonchev–Trinajstić information content (AvgIpc) is 2.71.